The number of Topliss-reactive ketones (excluding diaryl/α,β-unsaturated/α-hetero) is 1. The second-order valence-corrected chi connectivity index (χ2v) is 6.69. The van der Waals surface area contributed by atoms with E-state index < -0.39 is 11.7 Å². The largest absolute Gasteiger partial charge is 0.349 e. The molecule has 0 fully saturated rings. The third-order valence-corrected chi connectivity index (χ3v) is 5.00. The monoisotopic (exact) mass is 342 g/mol. The maximum atomic E-state index is 12.3. The Morgan fingerprint density at radius 3 is 2.67 bits per heavy atom. The van der Waals surface area contributed by atoms with Crippen LogP contribution in [0.15, 0.2) is 24.3 Å². The summed E-state index contributed by atoms with van der Waals surface area (Å²) in [4.78, 5) is 28.9. The van der Waals surface area contributed by atoms with Crippen LogP contribution in [0.1, 0.15) is 26.8 Å². The molecule has 0 atom stereocenters. The molecule has 1 amide bonds. The summed E-state index contributed by atoms with van der Waals surface area (Å²) < 4.78 is 2.73. The molecule has 3 aromatic rings. The lowest BCUT2D eigenvalue weighted by Crippen LogP contribution is -2.33. The zero-order chi connectivity index (χ0) is 17.3. The summed E-state index contributed by atoms with van der Waals surface area (Å²) >= 11 is 1.60. The van der Waals surface area contributed by atoms with Gasteiger partial charge >= 0.3 is 0 Å². The number of amides is 1. The number of thiazole rings is 1. The van der Waals surface area contributed by atoms with Crippen molar-refractivity contribution in [1.29, 1.82) is 0 Å². The number of aryl methyl sites for hydroxylation is 2. The standard InChI is InChI=1S/C17H18N4O2S/c1-10-15(11(2)21(3)20-10)16(22)17(23)18-9-8-14-19-12-6-4-5-7-13(12)24-14/h4-7H,8-9H2,1-3H3,(H,18,23). The Labute approximate surface area is 143 Å². The zero-order valence-electron chi connectivity index (χ0n) is 13.8. The maximum Gasteiger partial charge on any atom is 0.292 e. The van der Waals surface area contributed by atoms with Gasteiger partial charge in [-0.2, -0.15) is 5.10 Å². The van der Waals surface area contributed by atoms with Crippen molar-refractivity contribution in [3.8, 4) is 0 Å². The Kier molecular flexibility index (Phi) is 4.44. The molecule has 1 aromatic carbocycles. The van der Waals surface area contributed by atoms with Gasteiger partial charge in [0.1, 0.15) is 0 Å². The highest BCUT2D eigenvalue weighted by atomic mass is 32.1. The van der Waals surface area contributed by atoms with Gasteiger partial charge in [0.05, 0.1) is 26.5 Å². The number of rotatable bonds is 5. The molecule has 0 aliphatic rings. The summed E-state index contributed by atoms with van der Waals surface area (Å²) in [5, 5.41) is 7.79. The van der Waals surface area contributed by atoms with E-state index in [1.165, 1.54) is 0 Å². The number of aromatic nitrogens is 3. The fraction of sp³-hybridized carbons (Fsp3) is 0.294. The van der Waals surface area contributed by atoms with Crippen molar-refractivity contribution in [2.24, 2.45) is 7.05 Å². The minimum Gasteiger partial charge on any atom is -0.349 e. The van der Waals surface area contributed by atoms with Crippen molar-refractivity contribution < 1.29 is 9.59 Å². The molecule has 2 heterocycles. The molecular weight excluding hydrogens is 324 g/mol. The summed E-state index contributed by atoms with van der Waals surface area (Å²) in [5.41, 5.74) is 2.61. The smallest absolute Gasteiger partial charge is 0.292 e. The number of nitrogens with one attached hydrogen (secondary N) is 1. The highest BCUT2D eigenvalue weighted by Gasteiger charge is 2.23. The third-order valence-electron chi connectivity index (χ3n) is 3.90. The van der Waals surface area contributed by atoms with Crippen LogP contribution in [0, 0.1) is 13.8 Å². The molecule has 0 unspecified atom stereocenters. The van der Waals surface area contributed by atoms with E-state index in [1.54, 1.807) is 36.9 Å². The van der Waals surface area contributed by atoms with E-state index >= 15 is 0 Å². The summed E-state index contributed by atoms with van der Waals surface area (Å²) in [6, 6.07) is 7.91. The summed E-state index contributed by atoms with van der Waals surface area (Å²) in [5.74, 6) is -1.14. The van der Waals surface area contributed by atoms with Gasteiger partial charge in [-0.15, -0.1) is 11.3 Å². The molecule has 7 heteroatoms. The predicted molar refractivity (Wildman–Crippen MR) is 93.3 cm³/mol. The average molecular weight is 342 g/mol. The van der Waals surface area contributed by atoms with E-state index in [4.69, 9.17) is 0 Å². The lowest BCUT2D eigenvalue weighted by molar-refractivity contribution is -0.116. The zero-order valence-corrected chi connectivity index (χ0v) is 14.6. The number of carbonyl (C=O) groups excluding carboxylic acids is 2. The van der Waals surface area contributed by atoms with Crippen LogP contribution in [0.5, 0.6) is 0 Å². The van der Waals surface area contributed by atoms with Gasteiger partial charge in [-0.3, -0.25) is 14.3 Å². The molecule has 0 saturated heterocycles. The first-order valence-electron chi connectivity index (χ1n) is 7.64. The van der Waals surface area contributed by atoms with Crippen molar-refractivity contribution in [3.05, 3.63) is 46.2 Å². The van der Waals surface area contributed by atoms with E-state index in [-0.39, 0.29) is 0 Å². The lowest BCUT2D eigenvalue weighted by Gasteiger charge is -2.03. The minimum absolute atomic E-state index is 0.378. The van der Waals surface area contributed by atoms with Crippen LogP contribution in [-0.2, 0) is 18.3 Å². The van der Waals surface area contributed by atoms with E-state index in [9.17, 15) is 9.59 Å². The molecule has 3 rings (SSSR count). The Bertz CT molecular complexity index is 893. The van der Waals surface area contributed by atoms with Crippen molar-refractivity contribution in [3.63, 3.8) is 0 Å². The van der Waals surface area contributed by atoms with E-state index in [0.29, 0.717) is 29.9 Å². The number of hydrogen-bond donors (Lipinski definition) is 1. The van der Waals surface area contributed by atoms with Gasteiger partial charge in [-0.05, 0) is 26.0 Å². The second kappa shape index (κ2) is 6.52. The van der Waals surface area contributed by atoms with Gasteiger partial charge in [-0.25, -0.2) is 4.98 Å². The van der Waals surface area contributed by atoms with Crippen molar-refractivity contribution in [2.45, 2.75) is 20.3 Å². The molecule has 0 aliphatic heterocycles. The van der Waals surface area contributed by atoms with Crippen LogP contribution in [0.25, 0.3) is 10.2 Å². The SMILES string of the molecule is Cc1nn(C)c(C)c1C(=O)C(=O)NCCc1nc2ccccc2s1. The van der Waals surface area contributed by atoms with Crippen LogP contribution in [0.4, 0.5) is 0 Å². The molecule has 124 valence electrons. The number of benzene rings is 1. The number of carbonyl (C=O) groups is 2. The number of nitrogens with zero attached hydrogens (tertiary/aromatic N) is 3. The summed E-state index contributed by atoms with van der Waals surface area (Å²) in [6.07, 6.45) is 0.601. The lowest BCUT2D eigenvalue weighted by atomic mass is 10.1. The molecule has 2 aromatic heterocycles. The molecule has 0 bridgehead atoms. The summed E-state index contributed by atoms with van der Waals surface area (Å²) in [7, 11) is 1.75. The Hall–Kier alpha value is -2.54. The highest BCUT2D eigenvalue weighted by Crippen LogP contribution is 2.21. The van der Waals surface area contributed by atoms with Gasteiger partial charge in [0, 0.05) is 25.7 Å². The highest BCUT2D eigenvalue weighted by molar-refractivity contribution is 7.18. The number of hydrogen-bond acceptors (Lipinski definition) is 5. The molecule has 24 heavy (non-hydrogen) atoms. The number of fused-ring (bicyclic) bond motifs is 1. The topological polar surface area (TPSA) is 76.9 Å². The number of ketones is 1. The van der Waals surface area contributed by atoms with Gasteiger partial charge in [0.25, 0.3) is 11.7 Å². The first-order valence-corrected chi connectivity index (χ1v) is 8.46. The average Bonchev–Trinajstić information content (AvgIpc) is 3.07. The fourth-order valence-corrected chi connectivity index (χ4v) is 3.57. The van der Waals surface area contributed by atoms with E-state index in [2.05, 4.69) is 15.4 Å². The van der Waals surface area contributed by atoms with Crippen LogP contribution >= 0.6 is 11.3 Å². The van der Waals surface area contributed by atoms with Crippen molar-refractivity contribution in [1.82, 2.24) is 20.1 Å². The van der Waals surface area contributed by atoms with Gasteiger partial charge < -0.3 is 5.32 Å². The first-order chi connectivity index (χ1) is 11.5. The van der Waals surface area contributed by atoms with Crippen molar-refractivity contribution in [2.75, 3.05) is 6.54 Å². The van der Waals surface area contributed by atoms with Gasteiger partial charge in [-0.1, -0.05) is 12.1 Å². The molecule has 6 nitrogen and oxygen atoms in total. The first kappa shape index (κ1) is 16.3. The molecular formula is C17H18N4O2S. The predicted octanol–water partition coefficient (Wildman–Crippen LogP) is 2.19. The van der Waals surface area contributed by atoms with E-state index in [1.807, 2.05) is 24.3 Å². The van der Waals surface area contributed by atoms with E-state index in [0.717, 1.165) is 15.2 Å². The fourth-order valence-electron chi connectivity index (χ4n) is 2.61. The van der Waals surface area contributed by atoms with Gasteiger partial charge in [0.15, 0.2) is 0 Å². The third kappa shape index (κ3) is 3.07. The molecule has 0 spiro atoms. The molecule has 0 saturated carbocycles. The van der Waals surface area contributed by atoms with Gasteiger partial charge in [0.2, 0.25) is 0 Å². The second-order valence-electron chi connectivity index (χ2n) is 5.58. The molecule has 0 radical (unpaired) electrons. The molecule has 1 N–H and O–H groups in total. The maximum absolute atomic E-state index is 12.3. The summed E-state index contributed by atoms with van der Waals surface area (Å²) in [6.45, 7) is 3.89. The van der Waals surface area contributed by atoms with Crippen molar-refractivity contribution >= 4 is 33.2 Å². The quantitative estimate of drug-likeness (QED) is 0.569. The molecule has 0 aliphatic carbocycles. The van der Waals surface area contributed by atoms with Crippen LogP contribution in [-0.4, -0.2) is 33.0 Å². The van der Waals surface area contributed by atoms with Crippen LogP contribution < -0.4 is 5.32 Å². The normalized spacial score (nSPS) is 11.0. The Balaban J connectivity index is 1.62. The minimum atomic E-state index is -0.602. The van der Waals surface area contributed by atoms with Crippen LogP contribution in [0.3, 0.4) is 0 Å². The number of para-hydroxylation sites is 1. The Morgan fingerprint density at radius 1 is 1.25 bits per heavy atom. The Morgan fingerprint density at radius 2 is 2.00 bits per heavy atom. The van der Waals surface area contributed by atoms with Crippen LogP contribution in [0.2, 0.25) is 0 Å².